The number of rotatable bonds is 3. The topological polar surface area (TPSA) is 56.4 Å². The molecule has 2 aromatic rings. The lowest BCUT2D eigenvalue weighted by molar-refractivity contribution is 0.111. The van der Waals surface area contributed by atoms with Crippen molar-refractivity contribution in [1.82, 2.24) is 14.2 Å². The van der Waals surface area contributed by atoms with Gasteiger partial charge >= 0.3 is 0 Å². The van der Waals surface area contributed by atoms with Crippen LogP contribution in [0.3, 0.4) is 0 Å². The second-order valence-electron chi connectivity index (χ2n) is 8.73. The maximum atomic E-state index is 13.3. The predicted molar refractivity (Wildman–Crippen MR) is 112 cm³/mol. The average Bonchev–Trinajstić information content (AvgIpc) is 3.12. The summed E-state index contributed by atoms with van der Waals surface area (Å²) in [6, 6.07) is 6.33. The average molecular weight is 402 g/mol. The smallest absolute Gasteiger partial charge is 0.243 e. The predicted octanol–water partition coefficient (Wildman–Crippen LogP) is 3.69. The van der Waals surface area contributed by atoms with E-state index in [1.54, 1.807) is 10.4 Å². The molecule has 3 aliphatic rings. The summed E-state index contributed by atoms with van der Waals surface area (Å²) in [5, 5.41) is 1.11. The quantitative estimate of drug-likeness (QED) is 0.853. The molecule has 1 N–H and O–H groups in total. The highest BCUT2D eigenvalue weighted by molar-refractivity contribution is 7.89. The minimum atomic E-state index is -3.42. The van der Waals surface area contributed by atoms with Crippen molar-refractivity contribution in [2.45, 2.75) is 68.7 Å². The normalized spacial score (nSPS) is 23.1. The van der Waals surface area contributed by atoms with E-state index in [0.29, 0.717) is 24.0 Å². The molecular formula is C22H31N3O2S. The Hall–Kier alpha value is -1.37. The Morgan fingerprint density at radius 1 is 0.893 bits per heavy atom. The van der Waals surface area contributed by atoms with Crippen LogP contribution >= 0.6 is 0 Å². The van der Waals surface area contributed by atoms with Gasteiger partial charge in [-0.1, -0.05) is 19.3 Å². The van der Waals surface area contributed by atoms with Gasteiger partial charge in [-0.3, -0.25) is 4.90 Å². The van der Waals surface area contributed by atoms with Gasteiger partial charge in [0, 0.05) is 48.8 Å². The molecular weight excluding hydrogens is 370 g/mol. The van der Waals surface area contributed by atoms with Crippen molar-refractivity contribution in [1.29, 1.82) is 0 Å². The van der Waals surface area contributed by atoms with Crippen LogP contribution in [0.2, 0.25) is 0 Å². The highest BCUT2D eigenvalue weighted by atomic mass is 32.2. The van der Waals surface area contributed by atoms with Crippen LogP contribution in [-0.4, -0.2) is 54.8 Å². The van der Waals surface area contributed by atoms with Crippen molar-refractivity contribution >= 4 is 20.9 Å². The second kappa shape index (κ2) is 7.47. The molecule has 0 atom stereocenters. The molecule has 2 heterocycles. The third-order valence-electron chi connectivity index (χ3n) is 7.07. The number of hydrogen-bond donors (Lipinski definition) is 1. The van der Waals surface area contributed by atoms with Crippen LogP contribution in [0.1, 0.15) is 56.2 Å². The maximum absolute atomic E-state index is 13.3. The van der Waals surface area contributed by atoms with Gasteiger partial charge in [0.1, 0.15) is 0 Å². The molecule has 1 aromatic carbocycles. The molecule has 1 aliphatic heterocycles. The summed E-state index contributed by atoms with van der Waals surface area (Å²) < 4.78 is 28.3. The number of fused-ring (bicyclic) bond motifs is 3. The van der Waals surface area contributed by atoms with Gasteiger partial charge in [0.25, 0.3) is 0 Å². The monoisotopic (exact) mass is 401 g/mol. The fourth-order valence-electron chi connectivity index (χ4n) is 5.45. The van der Waals surface area contributed by atoms with Crippen LogP contribution in [0.25, 0.3) is 10.9 Å². The molecule has 5 nitrogen and oxygen atoms in total. The van der Waals surface area contributed by atoms with Gasteiger partial charge in [0.2, 0.25) is 10.0 Å². The summed E-state index contributed by atoms with van der Waals surface area (Å²) in [5.74, 6) is 0. The van der Waals surface area contributed by atoms with E-state index in [1.165, 1.54) is 56.2 Å². The van der Waals surface area contributed by atoms with Crippen LogP contribution < -0.4 is 0 Å². The summed E-state index contributed by atoms with van der Waals surface area (Å²) in [6.45, 7) is 2.96. The van der Waals surface area contributed by atoms with E-state index in [9.17, 15) is 8.42 Å². The van der Waals surface area contributed by atoms with Gasteiger partial charge < -0.3 is 4.98 Å². The molecule has 0 amide bonds. The fraction of sp³-hybridized carbons (Fsp3) is 0.636. The van der Waals surface area contributed by atoms with Gasteiger partial charge in [-0.25, -0.2) is 8.42 Å². The first-order valence-corrected chi connectivity index (χ1v) is 12.4. The molecule has 152 valence electrons. The van der Waals surface area contributed by atoms with Crippen LogP contribution in [0.4, 0.5) is 0 Å². The van der Waals surface area contributed by atoms with Gasteiger partial charge in [-0.2, -0.15) is 4.31 Å². The van der Waals surface area contributed by atoms with Crippen LogP contribution in [0, 0.1) is 0 Å². The minimum absolute atomic E-state index is 0.457. The van der Waals surface area contributed by atoms with Crippen molar-refractivity contribution < 1.29 is 8.42 Å². The molecule has 1 saturated heterocycles. The number of aromatic amines is 1. The van der Waals surface area contributed by atoms with Gasteiger partial charge in [0.05, 0.1) is 4.90 Å². The zero-order valence-electron chi connectivity index (χ0n) is 16.6. The van der Waals surface area contributed by atoms with Crippen molar-refractivity contribution in [3.8, 4) is 0 Å². The number of nitrogens with one attached hydrogen (secondary N) is 1. The van der Waals surface area contributed by atoms with E-state index < -0.39 is 10.0 Å². The molecule has 0 radical (unpaired) electrons. The lowest BCUT2D eigenvalue weighted by Gasteiger charge is -2.40. The summed E-state index contributed by atoms with van der Waals surface area (Å²) in [7, 11) is -3.42. The van der Waals surface area contributed by atoms with E-state index in [0.717, 1.165) is 36.8 Å². The van der Waals surface area contributed by atoms with Crippen molar-refractivity contribution in [2.75, 3.05) is 26.2 Å². The first-order chi connectivity index (χ1) is 13.6. The van der Waals surface area contributed by atoms with Crippen LogP contribution in [0.15, 0.2) is 23.1 Å². The molecule has 2 fully saturated rings. The van der Waals surface area contributed by atoms with Crippen LogP contribution in [-0.2, 0) is 22.9 Å². The zero-order chi connectivity index (χ0) is 19.1. The number of hydrogen-bond acceptors (Lipinski definition) is 3. The summed E-state index contributed by atoms with van der Waals surface area (Å²) in [5.41, 5.74) is 3.71. The van der Waals surface area contributed by atoms with Gasteiger partial charge in [0.15, 0.2) is 0 Å². The number of aryl methyl sites for hydroxylation is 2. The second-order valence-corrected chi connectivity index (χ2v) is 10.7. The number of benzene rings is 1. The summed E-state index contributed by atoms with van der Waals surface area (Å²) in [6.07, 6.45) is 11.1. The number of H-pyrrole nitrogens is 1. The van der Waals surface area contributed by atoms with E-state index in [2.05, 4.69) is 9.88 Å². The molecule has 2 aliphatic carbocycles. The SMILES string of the molecule is O=S(=O)(c1ccc2[nH]c3c(c2c1)CCCC3)N1CCN(C2CCCCC2)CC1. The van der Waals surface area contributed by atoms with E-state index >= 15 is 0 Å². The lowest BCUT2D eigenvalue weighted by Crippen LogP contribution is -2.52. The van der Waals surface area contributed by atoms with Gasteiger partial charge in [-0.05, 0) is 62.3 Å². The maximum Gasteiger partial charge on any atom is 0.243 e. The Kier molecular flexibility index (Phi) is 4.97. The molecule has 0 unspecified atom stereocenters. The molecule has 1 saturated carbocycles. The summed E-state index contributed by atoms with van der Waals surface area (Å²) in [4.78, 5) is 6.48. The first-order valence-electron chi connectivity index (χ1n) is 11.0. The zero-order valence-corrected chi connectivity index (χ0v) is 17.4. The molecule has 5 rings (SSSR count). The molecule has 0 bridgehead atoms. The van der Waals surface area contributed by atoms with Crippen molar-refractivity contribution in [3.63, 3.8) is 0 Å². The lowest BCUT2D eigenvalue weighted by atomic mass is 9.94. The highest BCUT2D eigenvalue weighted by Gasteiger charge is 2.32. The Balaban J connectivity index is 1.35. The van der Waals surface area contributed by atoms with E-state index in [1.807, 2.05) is 12.1 Å². The third kappa shape index (κ3) is 3.29. The number of sulfonamides is 1. The fourth-order valence-corrected chi connectivity index (χ4v) is 6.90. The number of piperazine rings is 1. The minimum Gasteiger partial charge on any atom is -0.358 e. The van der Waals surface area contributed by atoms with Crippen molar-refractivity contribution in [3.05, 3.63) is 29.5 Å². The van der Waals surface area contributed by atoms with Crippen LogP contribution in [0.5, 0.6) is 0 Å². The van der Waals surface area contributed by atoms with Gasteiger partial charge in [-0.15, -0.1) is 0 Å². The van der Waals surface area contributed by atoms with E-state index in [4.69, 9.17) is 0 Å². The molecule has 1 aromatic heterocycles. The Bertz CT molecular complexity index is 952. The summed E-state index contributed by atoms with van der Waals surface area (Å²) >= 11 is 0. The standard InChI is InChI=1S/C22H31N3O2S/c26-28(27,25-14-12-24(13-15-25)17-6-2-1-3-7-17)18-10-11-22-20(16-18)19-8-4-5-9-21(19)23-22/h10-11,16-17,23H,1-9,12-15H2. The third-order valence-corrected chi connectivity index (χ3v) is 8.97. The Morgan fingerprint density at radius 2 is 1.64 bits per heavy atom. The largest absolute Gasteiger partial charge is 0.358 e. The highest BCUT2D eigenvalue weighted by Crippen LogP contribution is 2.32. The van der Waals surface area contributed by atoms with E-state index in [-0.39, 0.29) is 0 Å². The Morgan fingerprint density at radius 3 is 2.43 bits per heavy atom. The molecule has 28 heavy (non-hydrogen) atoms. The number of nitrogens with zero attached hydrogens (tertiary/aromatic N) is 2. The first kappa shape index (κ1) is 18.6. The van der Waals surface area contributed by atoms with Crippen molar-refractivity contribution in [2.24, 2.45) is 0 Å². The number of aromatic nitrogens is 1. The molecule has 6 heteroatoms. The Labute approximate surface area is 168 Å². The molecule has 0 spiro atoms.